The van der Waals surface area contributed by atoms with Crippen LogP contribution < -0.4 is 10.5 Å². The predicted octanol–water partition coefficient (Wildman–Crippen LogP) is 2.23. The van der Waals surface area contributed by atoms with Crippen LogP contribution >= 0.6 is 0 Å². The van der Waals surface area contributed by atoms with E-state index >= 15 is 0 Å². The Labute approximate surface area is 95.3 Å². The molecule has 4 nitrogen and oxygen atoms in total. The standard InChI is InChI=1S/C12H17NO3/c1-3-4-8-16-10-7-5-6-9(13)11(10)12(14)15-2/h5-7H,3-4,8,13H2,1-2H3. The third kappa shape index (κ3) is 2.89. The molecule has 0 heterocycles. The van der Waals surface area contributed by atoms with E-state index in [1.807, 2.05) is 0 Å². The molecular formula is C12H17NO3. The molecule has 0 aromatic heterocycles. The van der Waals surface area contributed by atoms with Gasteiger partial charge < -0.3 is 15.2 Å². The fraction of sp³-hybridized carbons (Fsp3) is 0.417. The minimum Gasteiger partial charge on any atom is -0.493 e. The summed E-state index contributed by atoms with van der Waals surface area (Å²) in [6, 6.07) is 5.13. The number of carbonyl (C=O) groups is 1. The van der Waals surface area contributed by atoms with Crippen LogP contribution in [0.4, 0.5) is 5.69 Å². The molecule has 0 bridgehead atoms. The Bertz CT molecular complexity index is 363. The highest BCUT2D eigenvalue weighted by Crippen LogP contribution is 2.25. The largest absolute Gasteiger partial charge is 0.493 e. The lowest BCUT2D eigenvalue weighted by Crippen LogP contribution is -2.09. The van der Waals surface area contributed by atoms with Gasteiger partial charge in [0.05, 0.1) is 13.7 Å². The molecule has 4 heteroatoms. The van der Waals surface area contributed by atoms with Crippen molar-refractivity contribution in [3.8, 4) is 5.75 Å². The molecule has 88 valence electrons. The molecule has 1 aromatic rings. The monoisotopic (exact) mass is 223 g/mol. The average molecular weight is 223 g/mol. The Balaban J connectivity index is 2.89. The number of hydrogen-bond donors (Lipinski definition) is 1. The van der Waals surface area contributed by atoms with Crippen molar-refractivity contribution in [3.63, 3.8) is 0 Å². The smallest absolute Gasteiger partial charge is 0.343 e. The number of carbonyl (C=O) groups excluding carboxylic acids is 1. The van der Waals surface area contributed by atoms with Gasteiger partial charge in [-0.1, -0.05) is 19.4 Å². The van der Waals surface area contributed by atoms with Crippen molar-refractivity contribution in [3.05, 3.63) is 23.8 Å². The topological polar surface area (TPSA) is 61.5 Å². The van der Waals surface area contributed by atoms with Gasteiger partial charge in [0.15, 0.2) is 0 Å². The number of esters is 1. The van der Waals surface area contributed by atoms with E-state index in [9.17, 15) is 4.79 Å². The summed E-state index contributed by atoms with van der Waals surface area (Å²) in [4.78, 5) is 11.5. The normalized spacial score (nSPS) is 9.88. The summed E-state index contributed by atoms with van der Waals surface area (Å²) in [6.07, 6.45) is 1.98. The van der Waals surface area contributed by atoms with Gasteiger partial charge in [0.2, 0.25) is 0 Å². The van der Waals surface area contributed by atoms with Crippen molar-refractivity contribution < 1.29 is 14.3 Å². The summed E-state index contributed by atoms with van der Waals surface area (Å²) in [5.41, 5.74) is 6.40. The van der Waals surface area contributed by atoms with Gasteiger partial charge in [0.1, 0.15) is 11.3 Å². The number of hydrogen-bond acceptors (Lipinski definition) is 4. The second-order valence-corrected chi connectivity index (χ2v) is 3.41. The van der Waals surface area contributed by atoms with Crippen molar-refractivity contribution >= 4 is 11.7 Å². The number of rotatable bonds is 5. The van der Waals surface area contributed by atoms with E-state index < -0.39 is 5.97 Å². The van der Waals surface area contributed by atoms with E-state index in [-0.39, 0.29) is 0 Å². The van der Waals surface area contributed by atoms with E-state index in [0.29, 0.717) is 23.6 Å². The molecule has 1 aromatic carbocycles. The molecule has 0 atom stereocenters. The van der Waals surface area contributed by atoms with Gasteiger partial charge in [-0.2, -0.15) is 0 Å². The van der Waals surface area contributed by atoms with Gasteiger partial charge in [-0.05, 0) is 18.6 Å². The van der Waals surface area contributed by atoms with Crippen molar-refractivity contribution in [1.29, 1.82) is 0 Å². The van der Waals surface area contributed by atoms with Gasteiger partial charge in [0, 0.05) is 5.69 Å². The molecule has 0 saturated heterocycles. The second kappa shape index (κ2) is 6.00. The molecule has 2 N–H and O–H groups in total. The Morgan fingerprint density at radius 1 is 1.44 bits per heavy atom. The highest BCUT2D eigenvalue weighted by Gasteiger charge is 2.16. The van der Waals surface area contributed by atoms with Crippen LogP contribution in [0.15, 0.2) is 18.2 Å². The number of anilines is 1. The highest BCUT2D eigenvalue weighted by atomic mass is 16.5. The van der Waals surface area contributed by atoms with Crippen LogP contribution in [-0.4, -0.2) is 19.7 Å². The van der Waals surface area contributed by atoms with Gasteiger partial charge in [-0.3, -0.25) is 0 Å². The molecule has 0 aliphatic rings. The molecule has 0 aliphatic carbocycles. The zero-order chi connectivity index (χ0) is 12.0. The Hall–Kier alpha value is -1.71. The Morgan fingerprint density at radius 3 is 2.81 bits per heavy atom. The summed E-state index contributed by atoms with van der Waals surface area (Å²) in [5, 5.41) is 0. The van der Waals surface area contributed by atoms with Crippen molar-refractivity contribution in [2.45, 2.75) is 19.8 Å². The van der Waals surface area contributed by atoms with E-state index in [1.54, 1.807) is 18.2 Å². The lowest BCUT2D eigenvalue weighted by Gasteiger charge is -2.11. The summed E-state index contributed by atoms with van der Waals surface area (Å²) in [7, 11) is 1.32. The van der Waals surface area contributed by atoms with Gasteiger partial charge >= 0.3 is 5.97 Å². The lowest BCUT2D eigenvalue weighted by atomic mass is 10.1. The second-order valence-electron chi connectivity index (χ2n) is 3.41. The average Bonchev–Trinajstić information content (AvgIpc) is 2.29. The van der Waals surface area contributed by atoms with Crippen LogP contribution in [0.3, 0.4) is 0 Å². The molecule has 0 amide bonds. The minimum atomic E-state index is -0.468. The van der Waals surface area contributed by atoms with Crippen molar-refractivity contribution in [1.82, 2.24) is 0 Å². The maximum Gasteiger partial charge on any atom is 0.343 e. The number of unbranched alkanes of at least 4 members (excludes halogenated alkanes) is 1. The minimum absolute atomic E-state index is 0.307. The summed E-state index contributed by atoms with van der Waals surface area (Å²) in [6.45, 7) is 2.65. The van der Waals surface area contributed by atoms with Gasteiger partial charge in [0.25, 0.3) is 0 Å². The summed E-state index contributed by atoms with van der Waals surface area (Å²) in [5.74, 6) is 0.0184. The Morgan fingerprint density at radius 2 is 2.19 bits per heavy atom. The number of ether oxygens (including phenoxy) is 2. The lowest BCUT2D eigenvalue weighted by molar-refractivity contribution is 0.0597. The number of nitrogen functional groups attached to an aromatic ring is 1. The van der Waals surface area contributed by atoms with E-state index in [4.69, 9.17) is 10.5 Å². The molecule has 0 spiro atoms. The van der Waals surface area contributed by atoms with E-state index in [2.05, 4.69) is 11.7 Å². The first-order chi connectivity index (χ1) is 7.70. The maximum atomic E-state index is 11.5. The molecule has 16 heavy (non-hydrogen) atoms. The zero-order valence-electron chi connectivity index (χ0n) is 9.66. The third-order valence-electron chi connectivity index (χ3n) is 2.20. The quantitative estimate of drug-likeness (QED) is 0.472. The SMILES string of the molecule is CCCCOc1cccc(N)c1C(=O)OC. The van der Waals surface area contributed by atoms with Crippen molar-refractivity contribution in [2.24, 2.45) is 0 Å². The highest BCUT2D eigenvalue weighted by molar-refractivity contribution is 5.98. The third-order valence-corrected chi connectivity index (χ3v) is 2.20. The molecule has 0 fully saturated rings. The first kappa shape index (κ1) is 12.4. The first-order valence-corrected chi connectivity index (χ1v) is 5.30. The number of nitrogens with two attached hydrogens (primary N) is 1. The predicted molar refractivity (Wildman–Crippen MR) is 62.6 cm³/mol. The van der Waals surface area contributed by atoms with Gasteiger partial charge in [-0.25, -0.2) is 4.79 Å². The first-order valence-electron chi connectivity index (χ1n) is 5.30. The molecule has 0 aliphatic heterocycles. The molecule has 0 unspecified atom stereocenters. The van der Waals surface area contributed by atoms with Crippen LogP contribution in [-0.2, 0) is 4.74 Å². The van der Waals surface area contributed by atoms with Crippen LogP contribution in [0.5, 0.6) is 5.75 Å². The van der Waals surface area contributed by atoms with Crippen LogP contribution in [0.2, 0.25) is 0 Å². The van der Waals surface area contributed by atoms with Gasteiger partial charge in [-0.15, -0.1) is 0 Å². The van der Waals surface area contributed by atoms with E-state index in [1.165, 1.54) is 7.11 Å². The molecule has 0 saturated carbocycles. The Kier molecular flexibility index (Phi) is 4.64. The maximum absolute atomic E-state index is 11.5. The number of benzene rings is 1. The summed E-state index contributed by atoms with van der Waals surface area (Å²) < 4.78 is 10.2. The number of methoxy groups -OCH3 is 1. The summed E-state index contributed by atoms with van der Waals surface area (Å²) >= 11 is 0. The molecule has 1 rings (SSSR count). The van der Waals surface area contributed by atoms with Crippen LogP contribution in [0, 0.1) is 0 Å². The van der Waals surface area contributed by atoms with Crippen molar-refractivity contribution in [2.75, 3.05) is 19.5 Å². The van der Waals surface area contributed by atoms with E-state index in [0.717, 1.165) is 12.8 Å². The fourth-order valence-corrected chi connectivity index (χ4v) is 1.32. The van der Waals surface area contributed by atoms with Crippen LogP contribution in [0.25, 0.3) is 0 Å². The zero-order valence-corrected chi connectivity index (χ0v) is 9.66. The van der Waals surface area contributed by atoms with Crippen LogP contribution in [0.1, 0.15) is 30.1 Å². The molecular weight excluding hydrogens is 206 g/mol. The molecule has 0 radical (unpaired) electrons. The fourth-order valence-electron chi connectivity index (χ4n) is 1.32.